The minimum Gasteiger partial charge on any atom is -0.497 e. The van der Waals surface area contributed by atoms with E-state index in [1.165, 1.54) is 19.4 Å². The number of hydrogen-bond donors (Lipinski definition) is 2. The van der Waals surface area contributed by atoms with Crippen molar-refractivity contribution in [2.75, 3.05) is 32.0 Å². The van der Waals surface area contributed by atoms with E-state index in [0.29, 0.717) is 28.9 Å². The maximum atomic E-state index is 12.6. The van der Waals surface area contributed by atoms with Crippen LogP contribution in [0.15, 0.2) is 54.7 Å². The van der Waals surface area contributed by atoms with Crippen molar-refractivity contribution in [2.45, 2.75) is 0 Å². The first kappa shape index (κ1) is 19.0. The Balaban J connectivity index is 1.79. The largest absolute Gasteiger partial charge is 0.497 e. The SMILES string of the molecule is COc1cccc(Nc2nccc(C(=O)Nc3cc(OC)ccc3OC)n2)c1. The molecule has 1 aromatic heterocycles. The van der Waals surface area contributed by atoms with E-state index in [0.717, 1.165) is 5.69 Å². The number of ether oxygens (including phenoxy) is 3. The number of nitrogens with zero attached hydrogens (tertiary/aromatic N) is 2. The van der Waals surface area contributed by atoms with Gasteiger partial charge >= 0.3 is 0 Å². The predicted octanol–water partition coefficient (Wildman–Crippen LogP) is 3.50. The van der Waals surface area contributed by atoms with Gasteiger partial charge in [0.15, 0.2) is 0 Å². The summed E-state index contributed by atoms with van der Waals surface area (Å²) in [5.74, 6) is 1.70. The molecule has 0 fully saturated rings. The Bertz CT molecular complexity index is 978. The summed E-state index contributed by atoms with van der Waals surface area (Å²) in [6.07, 6.45) is 1.51. The summed E-state index contributed by atoms with van der Waals surface area (Å²) in [5.41, 5.74) is 1.42. The second-order valence-corrected chi connectivity index (χ2v) is 5.64. The van der Waals surface area contributed by atoms with Crippen molar-refractivity contribution in [1.82, 2.24) is 9.97 Å². The highest BCUT2D eigenvalue weighted by Gasteiger charge is 2.13. The quantitative estimate of drug-likeness (QED) is 0.648. The van der Waals surface area contributed by atoms with Crippen LogP contribution in [0.3, 0.4) is 0 Å². The van der Waals surface area contributed by atoms with Gasteiger partial charge in [0.25, 0.3) is 5.91 Å². The van der Waals surface area contributed by atoms with Crippen LogP contribution in [0, 0.1) is 0 Å². The molecule has 28 heavy (non-hydrogen) atoms. The second-order valence-electron chi connectivity index (χ2n) is 5.64. The van der Waals surface area contributed by atoms with E-state index in [1.807, 2.05) is 18.2 Å². The monoisotopic (exact) mass is 380 g/mol. The molecule has 0 atom stereocenters. The van der Waals surface area contributed by atoms with Crippen LogP contribution >= 0.6 is 0 Å². The van der Waals surface area contributed by atoms with E-state index in [1.54, 1.807) is 38.5 Å². The molecule has 0 saturated carbocycles. The second kappa shape index (κ2) is 8.72. The molecule has 8 heteroatoms. The molecule has 0 unspecified atom stereocenters. The van der Waals surface area contributed by atoms with Crippen molar-refractivity contribution in [1.29, 1.82) is 0 Å². The van der Waals surface area contributed by atoms with Crippen LogP contribution in [0.25, 0.3) is 0 Å². The van der Waals surface area contributed by atoms with Gasteiger partial charge in [0.2, 0.25) is 5.95 Å². The third-order valence-electron chi connectivity index (χ3n) is 3.87. The fourth-order valence-electron chi connectivity index (χ4n) is 2.47. The number of methoxy groups -OCH3 is 3. The molecule has 0 spiro atoms. The van der Waals surface area contributed by atoms with Crippen molar-refractivity contribution in [3.8, 4) is 17.2 Å². The first-order valence-electron chi connectivity index (χ1n) is 8.40. The first-order valence-corrected chi connectivity index (χ1v) is 8.40. The maximum Gasteiger partial charge on any atom is 0.274 e. The average molecular weight is 380 g/mol. The lowest BCUT2D eigenvalue weighted by atomic mass is 10.2. The summed E-state index contributed by atoms with van der Waals surface area (Å²) in [5, 5.41) is 5.83. The van der Waals surface area contributed by atoms with Crippen molar-refractivity contribution >= 4 is 23.2 Å². The Morgan fingerprint density at radius 3 is 2.46 bits per heavy atom. The molecule has 0 radical (unpaired) electrons. The molecule has 1 amide bonds. The number of hydrogen-bond acceptors (Lipinski definition) is 7. The summed E-state index contributed by atoms with van der Waals surface area (Å²) < 4.78 is 15.7. The van der Waals surface area contributed by atoms with Gasteiger partial charge in [0, 0.05) is 24.0 Å². The van der Waals surface area contributed by atoms with Gasteiger partial charge < -0.3 is 24.8 Å². The lowest BCUT2D eigenvalue weighted by Crippen LogP contribution is -2.15. The van der Waals surface area contributed by atoms with Gasteiger partial charge in [-0.25, -0.2) is 9.97 Å². The summed E-state index contributed by atoms with van der Waals surface area (Å²) in [7, 11) is 4.67. The molecular formula is C20H20N4O4. The predicted molar refractivity (Wildman–Crippen MR) is 106 cm³/mol. The summed E-state index contributed by atoms with van der Waals surface area (Å²) in [4.78, 5) is 21.1. The van der Waals surface area contributed by atoms with Crippen molar-refractivity contribution < 1.29 is 19.0 Å². The molecule has 3 aromatic rings. The van der Waals surface area contributed by atoms with Crippen molar-refractivity contribution in [2.24, 2.45) is 0 Å². The van der Waals surface area contributed by atoms with Crippen molar-refractivity contribution in [3.63, 3.8) is 0 Å². The van der Waals surface area contributed by atoms with Gasteiger partial charge in [-0.3, -0.25) is 4.79 Å². The van der Waals surface area contributed by atoms with E-state index in [9.17, 15) is 4.79 Å². The van der Waals surface area contributed by atoms with Crippen LogP contribution in [0.5, 0.6) is 17.2 Å². The molecule has 3 rings (SSSR count). The first-order chi connectivity index (χ1) is 13.6. The minimum absolute atomic E-state index is 0.199. The van der Waals surface area contributed by atoms with Crippen molar-refractivity contribution in [3.05, 3.63) is 60.4 Å². The highest BCUT2D eigenvalue weighted by Crippen LogP contribution is 2.29. The van der Waals surface area contributed by atoms with E-state index >= 15 is 0 Å². The molecule has 1 heterocycles. The van der Waals surface area contributed by atoms with Crippen LogP contribution in [0.1, 0.15) is 10.5 Å². The number of aromatic nitrogens is 2. The summed E-state index contributed by atoms with van der Waals surface area (Å²) >= 11 is 0. The molecule has 0 bridgehead atoms. The van der Waals surface area contributed by atoms with Gasteiger partial charge in [0.1, 0.15) is 22.9 Å². The average Bonchev–Trinajstić information content (AvgIpc) is 2.74. The van der Waals surface area contributed by atoms with Crippen LogP contribution in [0.2, 0.25) is 0 Å². The lowest BCUT2D eigenvalue weighted by molar-refractivity contribution is 0.102. The fourth-order valence-corrected chi connectivity index (χ4v) is 2.47. The minimum atomic E-state index is -0.400. The number of benzene rings is 2. The Labute approximate surface area is 162 Å². The third kappa shape index (κ3) is 4.47. The molecule has 144 valence electrons. The topological polar surface area (TPSA) is 94.6 Å². The van der Waals surface area contributed by atoms with E-state index < -0.39 is 5.91 Å². The van der Waals surface area contributed by atoms with Crippen LogP contribution in [0.4, 0.5) is 17.3 Å². The standard InChI is InChI=1S/C20H20N4O4/c1-26-14-6-4-5-13(11-14)22-20-21-10-9-16(24-20)19(25)23-17-12-15(27-2)7-8-18(17)28-3/h4-12H,1-3H3,(H,23,25)(H,21,22,24). The summed E-state index contributed by atoms with van der Waals surface area (Å²) in [6, 6.07) is 14.0. The Morgan fingerprint density at radius 1 is 0.929 bits per heavy atom. The Kier molecular flexibility index (Phi) is 5.91. The number of nitrogens with one attached hydrogen (secondary N) is 2. The molecule has 2 N–H and O–H groups in total. The van der Waals surface area contributed by atoms with Gasteiger partial charge in [-0.2, -0.15) is 0 Å². The number of anilines is 3. The zero-order valence-electron chi connectivity index (χ0n) is 15.7. The smallest absolute Gasteiger partial charge is 0.274 e. The molecule has 0 aliphatic heterocycles. The van der Waals surface area contributed by atoms with Gasteiger partial charge in [-0.1, -0.05) is 6.07 Å². The normalized spacial score (nSPS) is 10.1. The number of carbonyl (C=O) groups excluding carboxylic acids is 1. The number of amides is 1. The zero-order valence-corrected chi connectivity index (χ0v) is 15.7. The van der Waals surface area contributed by atoms with Crippen LogP contribution < -0.4 is 24.8 Å². The number of carbonyl (C=O) groups is 1. The fraction of sp³-hybridized carbons (Fsp3) is 0.150. The molecule has 0 aliphatic carbocycles. The van der Waals surface area contributed by atoms with Crippen LogP contribution in [-0.4, -0.2) is 37.2 Å². The van der Waals surface area contributed by atoms with E-state index in [2.05, 4.69) is 20.6 Å². The molecule has 8 nitrogen and oxygen atoms in total. The zero-order chi connectivity index (χ0) is 19.9. The highest BCUT2D eigenvalue weighted by atomic mass is 16.5. The van der Waals surface area contributed by atoms with E-state index in [-0.39, 0.29) is 5.69 Å². The Morgan fingerprint density at radius 2 is 1.71 bits per heavy atom. The lowest BCUT2D eigenvalue weighted by Gasteiger charge is -2.12. The maximum absolute atomic E-state index is 12.6. The van der Waals surface area contributed by atoms with E-state index in [4.69, 9.17) is 14.2 Å². The van der Waals surface area contributed by atoms with Crippen LogP contribution in [-0.2, 0) is 0 Å². The van der Waals surface area contributed by atoms with Gasteiger partial charge in [-0.15, -0.1) is 0 Å². The highest BCUT2D eigenvalue weighted by molar-refractivity contribution is 6.04. The Hall–Kier alpha value is -3.81. The molecule has 0 saturated heterocycles. The van der Waals surface area contributed by atoms with Gasteiger partial charge in [0.05, 0.1) is 27.0 Å². The molecule has 2 aromatic carbocycles. The molecular weight excluding hydrogens is 360 g/mol. The third-order valence-corrected chi connectivity index (χ3v) is 3.87. The number of rotatable bonds is 7. The molecule has 0 aliphatic rings. The summed E-state index contributed by atoms with van der Waals surface area (Å²) in [6.45, 7) is 0. The van der Waals surface area contributed by atoms with Gasteiger partial charge in [-0.05, 0) is 30.3 Å².